The maximum absolute atomic E-state index is 13.0. The van der Waals surface area contributed by atoms with Crippen LogP contribution in [0.25, 0.3) is 0 Å². The van der Waals surface area contributed by atoms with Crippen molar-refractivity contribution in [2.45, 2.75) is 56.3 Å². The summed E-state index contributed by atoms with van der Waals surface area (Å²) in [4.78, 5) is 67.3. The van der Waals surface area contributed by atoms with Crippen LogP contribution < -0.4 is 33.2 Å². The summed E-state index contributed by atoms with van der Waals surface area (Å²) in [6.07, 6.45) is 3.41. The molecule has 34 heavy (non-hydrogen) atoms. The van der Waals surface area contributed by atoms with E-state index in [0.717, 1.165) is 0 Å². The highest BCUT2D eigenvalue weighted by molar-refractivity contribution is 7.80. The highest BCUT2D eigenvalue weighted by Crippen LogP contribution is 2.06. The average molecular weight is 501 g/mol. The van der Waals surface area contributed by atoms with Gasteiger partial charge in [-0.2, -0.15) is 12.6 Å². The molecule has 14 nitrogen and oxygen atoms in total. The Morgan fingerprint density at radius 1 is 1.03 bits per heavy atom. The summed E-state index contributed by atoms with van der Waals surface area (Å²) in [5.74, 6) is -4.47. The highest BCUT2D eigenvalue weighted by atomic mass is 32.1. The van der Waals surface area contributed by atoms with Crippen molar-refractivity contribution in [3.63, 3.8) is 0 Å². The molecule has 190 valence electrons. The molecule has 1 heterocycles. The summed E-state index contributed by atoms with van der Waals surface area (Å²) >= 11 is 3.97. The molecular formula is C19H32N8O6S. The van der Waals surface area contributed by atoms with Gasteiger partial charge < -0.3 is 43.2 Å². The van der Waals surface area contributed by atoms with Gasteiger partial charge in [-0.3, -0.25) is 19.2 Å². The zero-order valence-corrected chi connectivity index (χ0v) is 19.4. The molecule has 1 aromatic heterocycles. The monoisotopic (exact) mass is 500 g/mol. The lowest BCUT2D eigenvalue weighted by Gasteiger charge is -2.25. The van der Waals surface area contributed by atoms with E-state index in [9.17, 15) is 29.1 Å². The number of nitrogens with two attached hydrogens (primary N) is 3. The Morgan fingerprint density at radius 3 is 2.18 bits per heavy atom. The number of aromatic nitrogens is 2. The topological polar surface area (TPSA) is 248 Å². The maximum atomic E-state index is 13.0. The normalized spacial score (nSPS) is 14.3. The van der Waals surface area contributed by atoms with E-state index < -0.39 is 60.2 Å². The van der Waals surface area contributed by atoms with Gasteiger partial charge >= 0.3 is 5.97 Å². The molecule has 1 aromatic rings. The lowest BCUT2D eigenvalue weighted by molar-refractivity contribution is -0.143. The number of carbonyl (C=O) groups excluding carboxylic acids is 4. The van der Waals surface area contributed by atoms with Gasteiger partial charge in [0.1, 0.15) is 18.1 Å². The van der Waals surface area contributed by atoms with Gasteiger partial charge in [-0.1, -0.05) is 0 Å². The summed E-state index contributed by atoms with van der Waals surface area (Å²) in [5.41, 5.74) is 16.8. The SMILES string of the molecule is NCCCCC(NC(=O)C(Cc1cnc[nH]1)NC(=O)C(N)CS)C(=O)NC(CC(N)=O)C(=O)O. The number of H-pyrrole nitrogens is 1. The number of hydrogen-bond acceptors (Lipinski definition) is 9. The first kappa shape index (κ1) is 28.9. The van der Waals surface area contributed by atoms with Crippen LogP contribution in [-0.2, 0) is 30.4 Å². The van der Waals surface area contributed by atoms with Crippen molar-refractivity contribution in [3.05, 3.63) is 18.2 Å². The Bertz CT molecular complexity index is 837. The number of hydrogen-bond donors (Lipinski definition) is 9. The van der Waals surface area contributed by atoms with Crippen LogP contribution in [0.1, 0.15) is 31.4 Å². The number of carboxylic acids is 1. The second-order valence-electron chi connectivity index (χ2n) is 7.55. The van der Waals surface area contributed by atoms with Gasteiger partial charge in [0.25, 0.3) is 0 Å². The number of carboxylic acid groups (broad SMARTS) is 1. The van der Waals surface area contributed by atoms with Crippen LogP contribution in [-0.4, -0.2) is 81.1 Å². The van der Waals surface area contributed by atoms with Crippen molar-refractivity contribution in [2.75, 3.05) is 12.3 Å². The van der Waals surface area contributed by atoms with Crippen LogP contribution in [0.2, 0.25) is 0 Å². The van der Waals surface area contributed by atoms with Crippen molar-refractivity contribution in [3.8, 4) is 0 Å². The fourth-order valence-electron chi connectivity index (χ4n) is 2.89. The fraction of sp³-hybridized carbons (Fsp3) is 0.579. The molecule has 0 bridgehead atoms. The lowest BCUT2D eigenvalue weighted by Crippen LogP contribution is -2.58. The van der Waals surface area contributed by atoms with E-state index in [0.29, 0.717) is 25.1 Å². The Balaban J connectivity index is 3.03. The number of aliphatic carboxylic acids is 1. The molecule has 4 amide bonds. The number of amides is 4. The van der Waals surface area contributed by atoms with E-state index in [4.69, 9.17) is 17.2 Å². The first-order chi connectivity index (χ1) is 16.1. The van der Waals surface area contributed by atoms with E-state index in [1.165, 1.54) is 12.5 Å². The number of carbonyl (C=O) groups is 5. The third kappa shape index (κ3) is 10.2. The van der Waals surface area contributed by atoms with Gasteiger partial charge in [0.2, 0.25) is 23.6 Å². The van der Waals surface area contributed by atoms with Crippen molar-refractivity contribution >= 4 is 42.2 Å². The second-order valence-corrected chi connectivity index (χ2v) is 7.91. The molecule has 11 N–H and O–H groups in total. The summed E-state index contributed by atoms with van der Waals surface area (Å²) in [7, 11) is 0. The Kier molecular flexibility index (Phi) is 12.6. The van der Waals surface area contributed by atoms with Gasteiger partial charge in [0, 0.05) is 24.1 Å². The molecule has 0 aliphatic carbocycles. The quantitative estimate of drug-likeness (QED) is 0.0815. The molecule has 0 fully saturated rings. The van der Waals surface area contributed by atoms with Gasteiger partial charge in [0.05, 0.1) is 18.8 Å². The van der Waals surface area contributed by atoms with E-state index in [1.807, 2.05) is 0 Å². The zero-order valence-electron chi connectivity index (χ0n) is 18.5. The minimum absolute atomic E-state index is 0.0213. The smallest absolute Gasteiger partial charge is 0.326 e. The molecule has 0 aliphatic heterocycles. The van der Waals surface area contributed by atoms with Crippen molar-refractivity contribution in [1.82, 2.24) is 25.9 Å². The van der Waals surface area contributed by atoms with Gasteiger partial charge in [-0.05, 0) is 25.8 Å². The fourth-order valence-corrected chi connectivity index (χ4v) is 3.06. The summed E-state index contributed by atoms with van der Waals surface area (Å²) in [5, 5.41) is 16.5. The maximum Gasteiger partial charge on any atom is 0.326 e. The molecule has 0 aliphatic rings. The molecular weight excluding hydrogens is 468 g/mol. The van der Waals surface area contributed by atoms with E-state index >= 15 is 0 Å². The molecule has 0 aromatic carbocycles. The number of rotatable bonds is 16. The predicted octanol–water partition coefficient (Wildman–Crippen LogP) is -3.25. The first-order valence-corrected chi connectivity index (χ1v) is 11.2. The van der Waals surface area contributed by atoms with Gasteiger partial charge in [-0.15, -0.1) is 0 Å². The third-order valence-electron chi connectivity index (χ3n) is 4.75. The number of nitrogens with one attached hydrogen (secondary N) is 4. The Hall–Kier alpha value is -3.17. The first-order valence-electron chi connectivity index (χ1n) is 10.5. The molecule has 1 rings (SSSR count). The van der Waals surface area contributed by atoms with Crippen LogP contribution in [0.4, 0.5) is 0 Å². The largest absolute Gasteiger partial charge is 0.480 e. The number of unbranched alkanes of at least 4 members (excludes halogenated alkanes) is 1. The minimum Gasteiger partial charge on any atom is -0.480 e. The lowest BCUT2D eigenvalue weighted by atomic mass is 10.1. The van der Waals surface area contributed by atoms with Crippen molar-refractivity contribution < 1.29 is 29.1 Å². The van der Waals surface area contributed by atoms with Crippen LogP contribution in [0, 0.1) is 0 Å². The summed E-state index contributed by atoms with van der Waals surface area (Å²) < 4.78 is 0. The Labute approximate surface area is 201 Å². The number of primary amides is 1. The van der Waals surface area contributed by atoms with E-state index in [1.54, 1.807) is 0 Å². The minimum atomic E-state index is -1.56. The summed E-state index contributed by atoms with van der Waals surface area (Å²) in [6, 6.07) is -4.81. The van der Waals surface area contributed by atoms with Crippen LogP contribution in [0.3, 0.4) is 0 Å². The Morgan fingerprint density at radius 2 is 1.65 bits per heavy atom. The highest BCUT2D eigenvalue weighted by Gasteiger charge is 2.31. The molecule has 0 spiro atoms. The standard InChI is InChI=1S/C19H32N8O6S/c20-4-2-1-3-12(17(30)27-14(19(32)33)6-15(22)28)25-18(31)13(5-10-7-23-9-24-10)26-16(29)11(21)8-34/h7,9,11-14,34H,1-6,8,20-21H2,(H2,22,28)(H,23,24)(H,25,31)(H,26,29)(H,27,30)(H,32,33). The molecule has 0 saturated heterocycles. The van der Waals surface area contributed by atoms with Crippen molar-refractivity contribution in [1.29, 1.82) is 0 Å². The molecule has 4 atom stereocenters. The van der Waals surface area contributed by atoms with E-state index in [-0.39, 0.29) is 18.6 Å². The molecule has 0 radical (unpaired) electrons. The van der Waals surface area contributed by atoms with Gasteiger partial charge in [0.15, 0.2) is 0 Å². The van der Waals surface area contributed by atoms with Crippen molar-refractivity contribution in [2.24, 2.45) is 17.2 Å². The van der Waals surface area contributed by atoms with Crippen LogP contribution in [0.15, 0.2) is 12.5 Å². The zero-order chi connectivity index (χ0) is 25.7. The van der Waals surface area contributed by atoms with Crippen LogP contribution in [0.5, 0.6) is 0 Å². The number of aromatic amines is 1. The predicted molar refractivity (Wildman–Crippen MR) is 124 cm³/mol. The molecule has 15 heteroatoms. The molecule has 0 saturated carbocycles. The summed E-state index contributed by atoms with van der Waals surface area (Å²) in [6.45, 7) is 0.349. The van der Waals surface area contributed by atoms with Gasteiger partial charge in [-0.25, -0.2) is 9.78 Å². The second kappa shape index (κ2) is 14.9. The average Bonchev–Trinajstić information content (AvgIpc) is 3.29. The number of imidazole rings is 1. The number of nitrogens with zero attached hydrogens (tertiary/aromatic N) is 1. The van der Waals surface area contributed by atoms with Crippen LogP contribution >= 0.6 is 12.6 Å². The number of thiol groups is 1. The molecule has 4 unspecified atom stereocenters. The third-order valence-corrected chi connectivity index (χ3v) is 5.14. The van der Waals surface area contributed by atoms with E-state index in [2.05, 4.69) is 38.5 Å².